The second-order valence-corrected chi connectivity index (χ2v) is 5.54. The molecule has 4 heteroatoms. The summed E-state index contributed by atoms with van der Waals surface area (Å²) >= 11 is 0. The van der Waals surface area contributed by atoms with E-state index in [0.717, 1.165) is 30.8 Å². The third-order valence-corrected chi connectivity index (χ3v) is 3.75. The second kappa shape index (κ2) is 7.18. The third kappa shape index (κ3) is 4.44. The SMILES string of the molecule is CN1CC[C@@H](NCCC(=N)Cc2ccc(C#N)cc2)C1. The summed E-state index contributed by atoms with van der Waals surface area (Å²) in [4.78, 5) is 2.33. The number of nitriles is 1. The molecule has 0 aromatic heterocycles. The first kappa shape index (κ1) is 14.7. The summed E-state index contributed by atoms with van der Waals surface area (Å²) in [6, 6.07) is 10.2. The summed E-state index contributed by atoms with van der Waals surface area (Å²) < 4.78 is 0. The molecule has 0 spiro atoms. The minimum Gasteiger partial charge on any atom is -0.312 e. The van der Waals surface area contributed by atoms with Gasteiger partial charge < -0.3 is 15.6 Å². The van der Waals surface area contributed by atoms with Crippen LogP contribution in [0, 0.1) is 16.7 Å². The molecule has 1 aliphatic heterocycles. The van der Waals surface area contributed by atoms with Crippen LogP contribution in [0.5, 0.6) is 0 Å². The maximum absolute atomic E-state index is 8.75. The average Bonchev–Trinajstić information content (AvgIpc) is 2.85. The van der Waals surface area contributed by atoms with E-state index >= 15 is 0 Å². The zero-order valence-corrected chi connectivity index (χ0v) is 12.0. The van der Waals surface area contributed by atoms with Gasteiger partial charge in [-0.25, -0.2) is 0 Å². The maximum atomic E-state index is 8.75. The van der Waals surface area contributed by atoms with Gasteiger partial charge in [-0.05, 0) is 44.1 Å². The fourth-order valence-electron chi connectivity index (χ4n) is 2.56. The quantitative estimate of drug-likeness (QED) is 0.775. The van der Waals surface area contributed by atoms with Gasteiger partial charge in [-0.3, -0.25) is 0 Å². The van der Waals surface area contributed by atoms with E-state index in [1.165, 1.54) is 13.0 Å². The summed E-state index contributed by atoms with van der Waals surface area (Å²) in [5.74, 6) is 0. The molecule has 1 heterocycles. The number of nitrogens with zero attached hydrogens (tertiary/aromatic N) is 2. The summed E-state index contributed by atoms with van der Waals surface area (Å²) in [6.45, 7) is 3.16. The lowest BCUT2D eigenvalue weighted by atomic mass is 10.0. The van der Waals surface area contributed by atoms with E-state index < -0.39 is 0 Å². The number of hydrogen-bond donors (Lipinski definition) is 2. The normalized spacial score (nSPS) is 18.9. The van der Waals surface area contributed by atoms with Crippen molar-refractivity contribution < 1.29 is 0 Å². The van der Waals surface area contributed by atoms with Gasteiger partial charge in [0.05, 0.1) is 11.6 Å². The van der Waals surface area contributed by atoms with Crippen LogP contribution >= 0.6 is 0 Å². The van der Waals surface area contributed by atoms with Crippen molar-refractivity contribution in [3.63, 3.8) is 0 Å². The van der Waals surface area contributed by atoms with Crippen LogP contribution in [0.4, 0.5) is 0 Å². The van der Waals surface area contributed by atoms with Gasteiger partial charge in [-0.15, -0.1) is 0 Å². The molecule has 0 amide bonds. The summed E-state index contributed by atoms with van der Waals surface area (Å²) in [5.41, 5.74) is 2.52. The highest BCUT2D eigenvalue weighted by molar-refractivity contribution is 5.83. The lowest BCUT2D eigenvalue weighted by molar-refractivity contribution is 0.399. The zero-order valence-electron chi connectivity index (χ0n) is 12.0. The molecule has 1 saturated heterocycles. The van der Waals surface area contributed by atoms with Crippen LogP contribution in [0.25, 0.3) is 0 Å². The number of likely N-dealkylation sites (N-methyl/N-ethyl adjacent to an activating group) is 1. The van der Waals surface area contributed by atoms with Gasteiger partial charge in [-0.2, -0.15) is 5.26 Å². The van der Waals surface area contributed by atoms with Gasteiger partial charge in [0.1, 0.15) is 0 Å². The van der Waals surface area contributed by atoms with Crippen LogP contribution in [-0.2, 0) is 6.42 Å². The van der Waals surface area contributed by atoms with E-state index in [4.69, 9.17) is 10.7 Å². The predicted octanol–water partition coefficient (Wildman–Crippen LogP) is 1.80. The van der Waals surface area contributed by atoms with Crippen molar-refractivity contribution >= 4 is 5.71 Å². The molecule has 2 rings (SSSR count). The highest BCUT2D eigenvalue weighted by Gasteiger charge is 2.18. The molecular formula is C16H22N4. The van der Waals surface area contributed by atoms with Crippen molar-refractivity contribution in [1.82, 2.24) is 10.2 Å². The Labute approximate surface area is 120 Å². The molecule has 1 aromatic rings. The van der Waals surface area contributed by atoms with Gasteiger partial charge in [-0.1, -0.05) is 12.1 Å². The number of benzene rings is 1. The zero-order chi connectivity index (χ0) is 14.4. The highest BCUT2D eigenvalue weighted by atomic mass is 15.2. The molecule has 1 aliphatic rings. The van der Waals surface area contributed by atoms with Crippen molar-refractivity contribution in [3.05, 3.63) is 35.4 Å². The monoisotopic (exact) mass is 270 g/mol. The van der Waals surface area contributed by atoms with E-state index in [9.17, 15) is 0 Å². The number of nitrogens with one attached hydrogen (secondary N) is 2. The van der Waals surface area contributed by atoms with Crippen LogP contribution in [0.3, 0.4) is 0 Å². The number of likely N-dealkylation sites (tertiary alicyclic amines) is 1. The molecule has 0 radical (unpaired) electrons. The van der Waals surface area contributed by atoms with Crippen LogP contribution < -0.4 is 5.32 Å². The van der Waals surface area contributed by atoms with E-state index in [1.54, 1.807) is 0 Å². The van der Waals surface area contributed by atoms with Gasteiger partial charge in [0.15, 0.2) is 0 Å². The van der Waals surface area contributed by atoms with Gasteiger partial charge in [0.25, 0.3) is 0 Å². The Bertz CT molecular complexity index is 486. The largest absolute Gasteiger partial charge is 0.312 e. The van der Waals surface area contributed by atoms with Gasteiger partial charge in [0, 0.05) is 31.3 Å². The first-order chi connectivity index (χ1) is 9.67. The molecule has 0 unspecified atom stereocenters. The Balaban J connectivity index is 1.68. The van der Waals surface area contributed by atoms with E-state index in [1.807, 2.05) is 24.3 Å². The molecule has 106 valence electrons. The van der Waals surface area contributed by atoms with Crippen molar-refractivity contribution in [2.24, 2.45) is 0 Å². The first-order valence-electron chi connectivity index (χ1n) is 7.14. The van der Waals surface area contributed by atoms with Gasteiger partial charge in [0.2, 0.25) is 0 Å². The molecule has 0 bridgehead atoms. The van der Waals surface area contributed by atoms with E-state index in [2.05, 4.69) is 23.3 Å². The molecule has 0 saturated carbocycles. The Morgan fingerprint density at radius 3 is 2.80 bits per heavy atom. The van der Waals surface area contributed by atoms with Crippen LogP contribution in [0.15, 0.2) is 24.3 Å². The van der Waals surface area contributed by atoms with Crippen LogP contribution in [0.2, 0.25) is 0 Å². The van der Waals surface area contributed by atoms with Crippen LogP contribution in [0.1, 0.15) is 24.0 Å². The summed E-state index contributed by atoms with van der Waals surface area (Å²) in [5, 5.41) is 20.3. The van der Waals surface area contributed by atoms with Crippen molar-refractivity contribution in [3.8, 4) is 6.07 Å². The summed E-state index contributed by atoms with van der Waals surface area (Å²) in [6.07, 6.45) is 2.68. The summed E-state index contributed by atoms with van der Waals surface area (Å²) in [7, 11) is 2.15. The van der Waals surface area contributed by atoms with Crippen LogP contribution in [-0.4, -0.2) is 43.3 Å². The lowest BCUT2D eigenvalue weighted by Crippen LogP contribution is -2.33. The predicted molar refractivity (Wildman–Crippen MR) is 81.1 cm³/mol. The maximum Gasteiger partial charge on any atom is 0.0991 e. The minimum absolute atomic E-state index is 0.586. The Kier molecular flexibility index (Phi) is 5.28. The molecule has 1 fully saturated rings. The molecule has 1 atom stereocenters. The molecular weight excluding hydrogens is 248 g/mol. The third-order valence-electron chi connectivity index (χ3n) is 3.75. The Morgan fingerprint density at radius 1 is 1.45 bits per heavy atom. The van der Waals surface area contributed by atoms with E-state index in [-0.39, 0.29) is 0 Å². The second-order valence-electron chi connectivity index (χ2n) is 5.54. The van der Waals surface area contributed by atoms with Gasteiger partial charge >= 0.3 is 0 Å². The Morgan fingerprint density at radius 2 is 2.20 bits per heavy atom. The van der Waals surface area contributed by atoms with E-state index in [0.29, 0.717) is 18.0 Å². The smallest absolute Gasteiger partial charge is 0.0991 e. The minimum atomic E-state index is 0.586. The average molecular weight is 270 g/mol. The fourth-order valence-corrected chi connectivity index (χ4v) is 2.56. The number of rotatable bonds is 6. The fraction of sp³-hybridized carbons (Fsp3) is 0.500. The van der Waals surface area contributed by atoms with Crippen molar-refractivity contribution in [2.75, 3.05) is 26.7 Å². The molecule has 4 nitrogen and oxygen atoms in total. The van der Waals surface area contributed by atoms with Crippen molar-refractivity contribution in [1.29, 1.82) is 10.7 Å². The van der Waals surface area contributed by atoms with Crippen molar-refractivity contribution in [2.45, 2.75) is 25.3 Å². The molecule has 1 aromatic carbocycles. The standard InChI is InChI=1S/C16H22N4/c1-20-9-7-16(12-20)19-8-6-15(18)10-13-2-4-14(11-17)5-3-13/h2-5,16,18-19H,6-10,12H2,1H3/t16-/m1/s1. The first-order valence-corrected chi connectivity index (χ1v) is 7.14. The topological polar surface area (TPSA) is 62.9 Å². The lowest BCUT2D eigenvalue weighted by Gasteiger charge is -2.13. The molecule has 0 aliphatic carbocycles. The molecule has 2 N–H and O–H groups in total. The highest BCUT2D eigenvalue weighted by Crippen LogP contribution is 2.07. The Hall–Kier alpha value is -1.70. The number of hydrogen-bond acceptors (Lipinski definition) is 4. The molecule has 20 heavy (non-hydrogen) atoms.